The first-order valence-corrected chi connectivity index (χ1v) is 13.0. The molecular formula is C28H31N7O4. The molecule has 4 aromatic rings. The Balaban J connectivity index is 1.26. The number of amides is 2. The molecule has 0 bridgehead atoms. The summed E-state index contributed by atoms with van der Waals surface area (Å²) < 4.78 is 1.28. The van der Waals surface area contributed by atoms with Crippen LogP contribution in [0, 0.1) is 24.0 Å². The predicted molar refractivity (Wildman–Crippen MR) is 146 cm³/mol. The van der Waals surface area contributed by atoms with Gasteiger partial charge in [0.15, 0.2) is 0 Å². The van der Waals surface area contributed by atoms with E-state index in [4.69, 9.17) is 4.98 Å². The quantitative estimate of drug-likeness (QED) is 0.276. The Bertz CT molecular complexity index is 1560. The molecule has 1 aliphatic rings. The van der Waals surface area contributed by atoms with Crippen LogP contribution >= 0.6 is 0 Å². The molecule has 5 rings (SSSR count). The second-order valence-corrected chi connectivity index (χ2v) is 9.98. The number of nitrogens with zero attached hydrogens (tertiary/aromatic N) is 5. The number of aryl methyl sites for hydroxylation is 3. The zero-order valence-electron chi connectivity index (χ0n) is 22.2. The predicted octanol–water partition coefficient (Wildman–Crippen LogP) is 3.81. The Morgan fingerprint density at radius 2 is 1.90 bits per heavy atom. The lowest BCUT2D eigenvalue weighted by Gasteiger charge is -2.32. The Kier molecular flexibility index (Phi) is 7.14. The van der Waals surface area contributed by atoms with Gasteiger partial charge in [-0.15, -0.1) is 0 Å². The van der Waals surface area contributed by atoms with Crippen molar-refractivity contribution in [3.05, 3.63) is 86.6 Å². The number of para-hydroxylation sites is 1. The molecule has 1 saturated heterocycles. The van der Waals surface area contributed by atoms with Gasteiger partial charge in [-0.3, -0.25) is 29.4 Å². The molecule has 0 atom stereocenters. The highest BCUT2D eigenvalue weighted by molar-refractivity contribution is 5.97. The average Bonchev–Trinajstić information content (AvgIpc) is 3.47. The number of pyridine rings is 1. The maximum Gasteiger partial charge on any atom is 0.322 e. The van der Waals surface area contributed by atoms with Crippen LogP contribution in [0.5, 0.6) is 0 Å². The zero-order valence-corrected chi connectivity index (χ0v) is 22.2. The van der Waals surface area contributed by atoms with E-state index < -0.39 is 10.8 Å². The van der Waals surface area contributed by atoms with Crippen molar-refractivity contribution < 1.29 is 14.5 Å². The number of benzene rings is 1. The van der Waals surface area contributed by atoms with E-state index in [2.05, 4.69) is 21.5 Å². The summed E-state index contributed by atoms with van der Waals surface area (Å²) in [5.41, 5.74) is 4.26. The van der Waals surface area contributed by atoms with Crippen LogP contribution in [-0.4, -0.2) is 61.0 Å². The molecule has 2 N–H and O–H groups in total. The molecular weight excluding hydrogens is 498 g/mol. The first-order valence-electron chi connectivity index (χ1n) is 13.0. The third kappa shape index (κ3) is 5.12. The Labute approximate surface area is 225 Å². The van der Waals surface area contributed by atoms with Crippen LogP contribution in [0.4, 0.5) is 5.69 Å². The number of hydrogen-bond acceptors (Lipinski definition) is 6. The highest BCUT2D eigenvalue weighted by atomic mass is 16.6. The Morgan fingerprint density at radius 3 is 2.64 bits per heavy atom. The van der Waals surface area contributed by atoms with Crippen LogP contribution in [0.3, 0.4) is 0 Å². The molecule has 39 heavy (non-hydrogen) atoms. The van der Waals surface area contributed by atoms with Gasteiger partial charge < -0.3 is 15.2 Å². The van der Waals surface area contributed by atoms with E-state index in [1.165, 1.54) is 11.6 Å². The van der Waals surface area contributed by atoms with Gasteiger partial charge in [-0.2, -0.15) is 5.10 Å². The number of aromatic nitrogens is 4. The van der Waals surface area contributed by atoms with Crippen molar-refractivity contribution >= 4 is 28.4 Å². The second-order valence-electron chi connectivity index (χ2n) is 9.98. The van der Waals surface area contributed by atoms with Gasteiger partial charge in [-0.1, -0.05) is 18.2 Å². The molecule has 0 radical (unpaired) electrons. The van der Waals surface area contributed by atoms with E-state index in [1.54, 1.807) is 11.9 Å². The molecule has 3 aromatic heterocycles. The van der Waals surface area contributed by atoms with E-state index in [9.17, 15) is 19.7 Å². The number of carbonyl (C=O) groups excluding carboxylic acids is 2. The van der Waals surface area contributed by atoms with Crippen molar-refractivity contribution in [2.45, 2.75) is 39.0 Å². The van der Waals surface area contributed by atoms with Crippen LogP contribution in [0.1, 0.15) is 62.3 Å². The average molecular weight is 530 g/mol. The summed E-state index contributed by atoms with van der Waals surface area (Å²) in [6.07, 6.45) is 3.88. The van der Waals surface area contributed by atoms with Crippen LogP contribution in [0.15, 0.2) is 42.6 Å². The van der Waals surface area contributed by atoms with Crippen molar-refractivity contribution in [3.63, 3.8) is 0 Å². The molecule has 0 unspecified atom stereocenters. The normalized spacial score (nSPS) is 14.1. The van der Waals surface area contributed by atoms with Crippen molar-refractivity contribution in [2.75, 3.05) is 19.6 Å². The fraction of sp³-hybridized carbons (Fsp3) is 0.357. The fourth-order valence-corrected chi connectivity index (χ4v) is 5.44. The van der Waals surface area contributed by atoms with Crippen LogP contribution in [-0.2, 0) is 13.5 Å². The number of aromatic amines is 1. The minimum absolute atomic E-state index is 0.00780. The van der Waals surface area contributed by atoms with Gasteiger partial charge >= 0.3 is 5.69 Å². The number of piperidine rings is 1. The van der Waals surface area contributed by atoms with Gasteiger partial charge in [0.25, 0.3) is 11.8 Å². The minimum atomic E-state index is -0.553. The molecule has 0 spiro atoms. The number of nitro groups is 1. The molecule has 2 amide bonds. The van der Waals surface area contributed by atoms with Crippen molar-refractivity contribution in [1.29, 1.82) is 0 Å². The minimum Gasteiger partial charge on any atom is -0.361 e. The third-order valence-corrected chi connectivity index (χ3v) is 7.41. The molecule has 202 valence electrons. The Hall–Kier alpha value is -4.54. The zero-order chi connectivity index (χ0) is 27.7. The molecule has 11 heteroatoms. The summed E-state index contributed by atoms with van der Waals surface area (Å²) in [4.78, 5) is 47.0. The summed E-state index contributed by atoms with van der Waals surface area (Å²) in [5.74, 6) is -0.584. The lowest BCUT2D eigenvalue weighted by Crippen LogP contribution is -2.39. The van der Waals surface area contributed by atoms with Gasteiger partial charge in [0.05, 0.1) is 16.2 Å². The lowest BCUT2D eigenvalue weighted by atomic mass is 9.89. The highest BCUT2D eigenvalue weighted by Crippen LogP contribution is 2.31. The molecule has 0 aliphatic carbocycles. The van der Waals surface area contributed by atoms with Crippen LogP contribution in [0.2, 0.25) is 0 Å². The smallest absolute Gasteiger partial charge is 0.322 e. The van der Waals surface area contributed by atoms with Gasteiger partial charge in [0.1, 0.15) is 5.69 Å². The molecule has 1 aliphatic heterocycles. The number of nitrogens with one attached hydrogen (secondary N) is 2. The molecule has 4 heterocycles. The van der Waals surface area contributed by atoms with Crippen molar-refractivity contribution in [3.8, 4) is 0 Å². The van der Waals surface area contributed by atoms with Gasteiger partial charge in [0, 0.05) is 55.4 Å². The van der Waals surface area contributed by atoms with Crippen LogP contribution < -0.4 is 5.32 Å². The van der Waals surface area contributed by atoms with E-state index in [-0.39, 0.29) is 28.9 Å². The third-order valence-electron chi connectivity index (χ3n) is 7.41. The molecule has 1 fully saturated rings. The lowest BCUT2D eigenvalue weighted by molar-refractivity contribution is -0.385. The largest absolute Gasteiger partial charge is 0.361 e. The summed E-state index contributed by atoms with van der Waals surface area (Å²) in [6.45, 7) is 4.72. The second kappa shape index (κ2) is 10.7. The number of H-pyrrole nitrogens is 1. The summed E-state index contributed by atoms with van der Waals surface area (Å²) in [5, 5.41) is 19.8. The number of hydrogen-bond donors (Lipinski definition) is 2. The first kappa shape index (κ1) is 26.1. The monoisotopic (exact) mass is 529 g/mol. The molecule has 0 saturated carbocycles. The summed E-state index contributed by atoms with van der Waals surface area (Å²) >= 11 is 0. The van der Waals surface area contributed by atoms with Gasteiger partial charge in [-0.25, -0.2) is 0 Å². The number of rotatable bonds is 7. The van der Waals surface area contributed by atoms with E-state index >= 15 is 0 Å². The van der Waals surface area contributed by atoms with E-state index in [1.807, 2.05) is 43.5 Å². The van der Waals surface area contributed by atoms with E-state index in [0.717, 1.165) is 27.9 Å². The van der Waals surface area contributed by atoms with E-state index in [0.29, 0.717) is 44.5 Å². The highest BCUT2D eigenvalue weighted by Gasteiger charge is 2.35. The maximum absolute atomic E-state index is 13.2. The SMILES string of the molecule is Cc1ccc(C(=O)NCCc2c[nH]c3ccccc23)c(C2CCN(C(=O)c3c([N+](=O)[O-])c(C)nn3C)CC2)n1. The molecule has 1 aromatic carbocycles. The summed E-state index contributed by atoms with van der Waals surface area (Å²) in [6, 6.07) is 11.7. The summed E-state index contributed by atoms with van der Waals surface area (Å²) in [7, 11) is 1.54. The van der Waals surface area contributed by atoms with Gasteiger partial charge in [0.2, 0.25) is 5.69 Å². The number of fused-ring (bicyclic) bond motifs is 1. The Morgan fingerprint density at radius 1 is 1.15 bits per heavy atom. The standard InChI is InChI=1S/C28H31N7O4/c1-17-8-9-22(27(36)29-13-10-20-16-30-23-7-5-4-6-21(20)23)24(31-17)19-11-14-34(15-12-19)28(37)26-25(35(38)39)18(2)32-33(26)3/h4-9,16,19,30H,10-15H2,1-3H3,(H,29,36). The van der Waals surface area contributed by atoms with Gasteiger partial charge in [-0.05, 0) is 56.9 Å². The number of carbonyl (C=O) groups is 2. The van der Waals surface area contributed by atoms with Crippen LogP contribution in [0.25, 0.3) is 10.9 Å². The number of likely N-dealkylation sites (tertiary alicyclic amines) is 1. The van der Waals surface area contributed by atoms with Crippen molar-refractivity contribution in [2.24, 2.45) is 7.05 Å². The van der Waals surface area contributed by atoms with Crippen molar-refractivity contribution in [1.82, 2.24) is 30.0 Å². The fourth-order valence-electron chi connectivity index (χ4n) is 5.44. The topological polar surface area (TPSA) is 139 Å². The first-order chi connectivity index (χ1) is 18.7. The molecule has 11 nitrogen and oxygen atoms in total. The maximum atomic E-state index is 13.2.